The molecule has 1 fully saturated rings. The highest BCUT2D eigenvalue weighted by atomic mass is 32.1. The highest BCUT2D eigenvalue weighted by molar-refractivity contribution is 7.15. The molecule has 1 saturated heterocycles. The van der Waals surface area contributed by atoms with Gasteiger partial charge in [0.15, 0.2) is 5.13 Å². The van der Waals surface area contributed by atoms with Crippen molar-refractivity contribution in [1.29, 1.82) is 0 Å². The van der Waals surface area contributed by atoms with Crippen LogP contribution in [-0.4, -0.2) is 44.9 Å². The summed E-state index contributed by atoms with van der Waals surface area (Å²) in [7, 11) is 0. The van der Waals surface area contributed by atoms with E-state index in [1.165, 1.54) is 4.88 Å². The zero-order valence-corrected chi connectivity index (χ0v) is 17.2. The summed E-state index contributed by atoms with van der Waals surface area (Å²) in [4.78, 5) is 12.6. The molecule has 1 aliphatic rings. The third-order valence-corrected chi connectivity index (χ3v) is 5.97. The van der Waals surface area contributed by atoms with Crippen molar-refractivity contribution in [2.24, 2.45) is 0 Å². The van der Waals surface area contributed by atoms with Crippen LogP contribution >= 0.6 is 11.3 Å². The molecule has 1 aliphatic heterocycles. The molecular formula is C21H26N4O2S. The van der Waals surface area contributed by atoms with Crippen molar-refractivity contribution in [1.82, 2.24) is 14.9 Å². The number of hydrogen-bond acceptors (Lipinski definition) is 7. The number of likely N-dealkylation sites (tertiary alicyclic amines) is 1. The van der Waals surface area contributed by atoms with E-state index in [0.29, 0.717) is 6.04 Å². The highest BCUT2D eigenvalue weighted by Gasteiger charge is 2.31. The lowest BCUT2D eigenvalue weighted by Crippen LogP contribution is -2.27. The third-order valence-electron chi connectivity index (χ3n) is 5.06. The van der Waals surface area contributed by atoms with Crippen LogP contribution in [0.4, 0.5) is 5.13 Å². The number of nitrogens with zero attached hydrogens (tertiary/aromatic N) is 3. The summed E-state index contributed by atoms with van der Waals surface area (Å²) in [6.45, 7) is 7.68. The quantitative estimate of drug-likeness (QED) is 0.616. The van der Waals surface area contributed by atoms with Gasteiger partial charge in [-0.05, 0) is 32.9 Å². The van der Waals surface area contributed by atoms with Crippen LogP contribution in [0.2, 0.25) is 0 Å². The smallest absolute Gasteiger partial charge is 0.217 e. The Hall–Kier alpha value is -2.22. The number of benzene rings is 1. The normalized spacial score (nSPS) is 21.1. The maximum atomic E-state index is 9.43. The average molecular weight is 399 g/mol. The summed E-state index contributed by atoms with van der Waals surface area (Å²) in [5.41, 5.74) is 2.04. The maximum Gasteiger partial charge on any atom is 0.217 e. The molecule has 3 atom stereocenters. The molecule has 0 saturated carbocycles. The number of pyridine rings is 1. The molecular weight excluding hydrogens is 372 g/mol. The molecule has 0 spiro atoms. The van der Waals surface area contributed by atoms with Gasteiger partial charge in [0.2, 0.25) is 5.88 Å². The molecule has 3 heterocycles. The fourth-order valence-corrected chi connectivity index (χ4v) is 4.58. The van der Waals surface area contributed by atoms with Gasteiger partial charge in [-0.1, -0.05) is 18.2 Å². The van der Waals surface area contributed by atoms with Crippen molar-refractivity contribution in [3.8, 4) is 5.88 Å². The van der Waals surface area contributed by atoms with Gasteiger partial charge >= 0.3 is 0 Å². The lowest BCUT2D eigenvalue weighted by atomic mass is 10.1. The van der Waals surface area contributed by atoms with E-state index >= 15 is 0 Å². The van der Waals surface area contributed by atoms with Gasteiger partial charge in [0, 0.05) is 47.6 Å². The molecule has 1 unspecified atom stereocenters. The van der Waals surface area contributed by atoms with E-state index in [9.17, 15) is 5.11 Å². The van der Waals surface area contributed by atoms with Crippen LogP contribution in [0.1, 0.15) is 30.7 Å². The lowest BCUT2D eigenvalue weighted by Gasteiger charge is -2.19. The average Bonchev–Trinajstić information content (AvgIpc) is 3.22. The largest absolute Gasteiger partial charge is 0.473 e. The van der Waals surface area contributed by atoms with E-state index in [1.807, 2.05) is 24.4 Å². The van der Waals surface area contributed by atoms with Crippen LogP contribution in [0.3, 0.4) is 0 Å². The summed E-state index contributed by atoms with van der Waals surface area (Å²) in [5, 5.41) is 14.3. The Kier molecular flexibility index (Phi) is 5.48. The lowest BCUT2D eigenvalue weighted by molar-refractivity contribution is 0.188. The topological polar surface area (TPSA) is 70.5 Å². The fourth-order valence-electron chi connectivity index (χ4n) is 3.66. The minimum atomic E-state index is -0.597. The van der Waals surface area contributed by atoms with Gasteiger partial charge in [0.25, 0.3) is 0 Å². The van der Waals surface area contributed by atoms with Gasteiger partial charge in [-0.15, -0.1) is 11.3 Å². The monoisotopic (exact) mass is 398 g/mol. The van der Waals surface area contributed by atoms with Crippen LogP contribution in [0.25, 0.3) is 10.9 Å². The Labute approximate surface area is 169 Å². The van der Waals surface area contributed by atoms with Crippen molar-refractivity contribution < 1.29 is 9.84 Å². The zero-order valence-electron chi connectivity index (χ0n) is 16.4. The Bertz CT molecular complexity index is 958. The van der Waals surface area contributed by atoms with Crippen molar-refractivity contribution in [3.63, 3.8) is 0 Å². The van der Waals surface area contributed by atoms with Crippen molar-refractivity contribution in [2.75, 3.05) is 11.9 Å². The van der Waals surface area contributed by atoms with Crippen molar-refractivity contribution >= 4 is 27.4 Å². The number of fused-ring (bicyclic) bond motifs is 1. The number of anilines is 1. The number of thiazole rings is 1. The van der Waals surface area contributed by atoms with Gasteiger partial charge in [0.05, 0.1) is 5.52 Å². The van der Waals surface area contributed by atoms with E-state index in [2.05, 4.69) is 41.2 Å². The Morgan fingerprint density at radius 1 is 1.39 bits per heavy atom. The first kappa shape index (κ1) is 19.1. The summed E-state index contributed by atoms with van der Waals surface area (Å²) < 4.78 is 6.30. The molecule has 0 radical (unpaired) electrons. The molecule has 0 aliphatic carbocycles. The Balaban J connectivity index is 1.41. The number of aromatic nitrogens is 2. The van der Waals surface area contributed by atoms with E-state index in [4.69, 9.17) is 9.72 Å². The number of aliphatic hydroxyl groups excluding tert-OH is 1. The summed E-state index contributed by atoms with van der Waals surface area (Å²) in [6.07, 6.45) is 2.39. The predicted molar refractivity (Wildman–Crippen MR) is 113 cm³/mol. The molecule has 3 aromatic rings. The minimum absolute atomic E-state index is 0.130. The van der Waals surface area contributed by atoms with Crippen LogP contribution in [0.15, 0.2) is 36.5 Å². The molecule has 0 bridgehead atoms. The SMILES string of the molecule is Cc1cc2ccccc2nc1O[C@@H]1C[C@H](C)N(Cc2cnc(NC(C)O)s2)C1. The molecule has 6 nitrogen and oxygen atoms in total. The maximum absolute atomic E-state index is 9.43. The van der Waals surface area contributed by atoms with E-state index < -0.39 is 6.23 Å². The number of hydrogen-bond donors (Lipinski definition) is 2. The first-order valence-corrected chi connectivity index (χ1v) is 10.5. The summed E-state index contributed by atoms with van der Waals surface area (Å²) in [6, 6.07) is 10.7. The van der Waals surface area contributed by atoms with Gasteiger partial charge in [-0.2, -0.15) is 0 Å². The number of aliphatic hydroxyl groups is 1. The molecule has 2 N–H and O–H groups in total. The first-order valence-electron chi connectivity index (χ1n) is 9.64. The molecule has 1 aromatic carbocycles. The molecule has 148 valence electrons. The first-order chi connectivity index (χ1) is 13.5. The van der Waals surface area contributed by atoms with Crippen LogP contribution in [-0.2, 0) is 6.54 Å². The molecule has 0 amide bonds. The Morgan fingerprint density at radius 3 is 3.04 bits per heavy atom. The molecule has 7 heteroatoms. The van der Waals surface area contributed by atoms with E-state index in [-0.39, 0.29) is 6.10 Å². The highest BCUT2D eigenvalue weighted by Crippen LogP contribution is 2.29. The second-order valence-corrected chi connectivity index (χ2v) is 8.62. The van der Waals surface area contributed by atoms with E-state index in [0.717, 1.165) is 47.0 Å². The minimum Gasteiger partial charge on any atom is -0.473 e. The molecule has 2 aromatic heterocycles. The second kappa shape index (κ2) is 8.03. The van der Waals surface area contributed by atoms with Crippen LogP contribution in [0, 0.1) is 6.92 Å². The van der Waals surface area contributed by atoms with Crippen molar-refractivity contribution in [2.45, 2.75) is 52.1 Å². The fraction of sp³-hybridized carbons (Fsp3) is 0.429. The molecule has 28 heavy (non-hydrogen) atoms. The number of para-hydroxylation sites is 1. The van der Waals surface area contributed by atoms with Crippen molar-refractivity contribution in [3.05, 3.63) is 47.0 Å². The Morgan fingerprint density at radius 2 is 2.21 bits per heavy atom. The summed E-state index contributed by atoms with van der Waals surface area (Å²) in [5.74, 6) is 0.735. The summed E-state index contributed by atoms with van der Waals surface area (Å²) >= 11 is 1.58. The number of rotatable bonds is 6. The number of ether oxygens (including phenoxy) is 1. The number of nitrogens with one attached hydrogen (secondary N) is 1. The van der Waals surface area contributed by atoms with Crippen LogP contribution in [0.5, 0.6) is 5.88 Å². The molecule has 4 rings (SSSR count). The zero-order chi connectivity index (χ0) is 19.7. The third kappa shape index (κ3) is 4.27. The van der Waals surface area contributed by atoms with Crippen LogP contribution < -0.4 is 10.1 Å². The van der Waals surface area contributed by atoms with Gasteiger partial charge in [-0.25, -0.2) is 9.97 Å². The van der Waals surface area contributed by atoms with Gasteiger partial charge in [0.1, 0.15) is 12.3 Å². The number of aryl methyl sites for hydroxylation is 1. The standard InChI is InChI=1S/C21H26N4O2S/c1-13-8-16-6-4-5-7-19(16)24-20(13)27-17-9-14(2)25(11-17)12-18-10-22-21(28-18)23-15(3)26/h4-8,10,14-15,17,26H,9,11-12H2,1-3H3,(H,22,23)/t14-,15?,17+/m0/s1. The van der Waals surface area contributed by atoms with Gasteiger partial charge in [-0.3, -0.25) is 4.90 Å². The van der Waals surface area contributed by atoms with E-state index in [1.54, 1.807) is 18.3 Å². The van der Waals surface area contributed by atoms with Gasteiger partial charge < -0.3 is 15.2 Å². The predicted octanol–water partition coefficient (Wildman–Crippen LogP) is 3.79. The second-order valence-electron chi connectivity index (χ2n) is 7.51.